The normalized spacial score (nSPS) is 55.5. The van der Waals surface area contributed by atoms with Crippen molar-refractivity contribution in [1.82, 2.24) is 16.0 Å². The number of piperazine rings is 1. The average Bonchev–Trinajstić information content (AvgIpc) is 2.38. The molecular weight excluding hydrogens is 222 g/mol. The molecule has 0 aromatic heterocycles. The van der Waals surface area contributed by atoms with Gasteiger partial charge in [0.1, 0.15) is 0 Å². The molecule has 4 rings (SSSR count). The Kier molecular flexibility index (Phi) is 2.90. The van der Waals surface area contributed by atoms with Gasteiger partial charge in [0.25, 0.3) is 0 Å². The van der Waals surface area contributed by atoms with Crippen LogP contribution in [-0.4, -0.2) is 37.8 Å². The first-order valence-electron chi connectivity index (χ1n) is 7.99. The molecule has 4 fully saturated rings. The van der Waals surface area contributed by atoms with Crippen LogP contribution >= 0.6 is 0 Å². The molecule has 2 aliphatic heterocycles. The van der Waals surface area contributed by atoms with Gasteiger partial charge in [-0.3, -0.25) is 0 Å². The first-order chi connectivity index (χ1) is 8.79. The standard InChI is InChI=1S/C15H27N3/c1-9-6-17-14-4-11-2-10-3-12(8-16-7-10)13(11)5-15(14)18-9/h9-18H,2-8H2,1H3. The lowest BCUT2D eigenvalue weighted by molar-refractivity contribution is 0.0108. The lowest BCUT2D eigenvalue weighted by Crippen LogP contribution is -2.64. The van der Waals surface area contributed by atoms with E-state index in [1.807, 2.05) is 0 Å². The van der Waals surface area contributed by atoms with Crippen molar-refractivity contribution in [3.63, 3.8) is 0 Å². The zero-order chi connectivity index (χ0) is 12.1. The fourth-order valence-electron chi connectivity index (χ4n) is 5.33. The molecule has 2 heterocycles. The Bertz CT molecular complexity index is 319. The van der Waals surface area contributed by atoms with Crippen molar-refractivity contribution < 1.29 is 0 Å². The molecule has 0 radical (unpaired) electrons. The minimum absolute atomic E-state index is 0.656. The third-order valence-electron chi connectivity index (χ3n) is 6.08. The smallest absolute Gasteiger partial charge is 0.0227 e. The summed E-state index contributed by atoms with van der Waals surface area (Å²) in [5.41, 5.74) is 0. The van der Waals surface area contributed by atoms with Gasteiger partial charge in [-0.25, -0.2) is 0 Å². The zero-order valence-corrected chi connectivity index (χ0v) is 11.5. The van der Waals surface area contributed by atoms with Crippen LogP contribution in [0.2, 0.25) is 0 Å². The summed E-state index contributed by atoms with van der Waals surface area (Å²) in [4.78, 5) is 0. The Morgan fingerprint density at radius 3 is 2.67 bits per heavy atom. The van der Waals surface area contributed by atoms with E-state index in [0.29, 0.717) is 6.04 Å². The van der Waals surface area contributed by atoms with Gasteiger partial charge in [0.05, 0.1) is 0 Å². The summed E-state index contributed by atoms with van der Waals surface area (Å²) in [6.07, 6.45) is 5.86. The van der Waals surface area contributed by atoms with Crippen LogP contribution in [-0.2, 0) is 0 Å². The lowest BCUT2D eigenvalue weighted by atomic mass is 9.59. The Morgan fingerprint density at radius 1 is 0.833 bits per heavy atom. The van der Waals surface area contributed by atoms with Crippen LogP contribution in [0.4, 0.5) is 0 Å². The second-order valence-electron chi connectivity index (χ2n) is 7.34. The molecular formula is C15H27N3. The van der Waals surface area contributed by atoms with E-state index in [1.54, 1.807) is 0 Å². The highest BCUT2D eigenvalue weighted by Gasteiger charge is 2.46. The topological polar surface area (TPSA) is 36.1 Å². The molecule has 0 aromatic rings. The summed E-state index contributed by atoms with van der Waals surface area (Å²) in [5.74, 6) is 3.97. The van der Waals surface area contributed by atoms with E-state index in [0.717, 1.165) is 42.3 Å². The van der Waals surface area contributed by atoms with Crippen LogP contribution in [0.1, 0.15) is 32.6 Å². The van der Waals surface area contributed by atoms with Crippen molar-refractivity contribution in [2.24, 2.45) is 23.7 Å². The van der Waals surface area contributed by atoms with Gasteiger partial charge in [-0.05, 0) is 69.4 Å². The summed E-state index contributed by atoms with van der Waals surface area (Å²) in [6, 6.07) is 2.16. The molecule has 0 aromatic carbocycles. The predicted molar refractivity (Wildman–Crippen MR) is 73.5 cm³/mol. The minimum atomic E-state index is 0.656. The van der Waals surface area contributed by atoms with Crippen molar-refractivity contribution in [2.75, 3.05) is 19.6 Å². The van der Waals surface area contributed by atoms with Crippen LogP contribution in [0.25, 0.3) is 0 Å². The van der Waals surface area contributed by atoms with E-state index in [1.165, 1.54) is 38.8 Å². The van der Waals surface area contributed by atoms with Crippen LogP contribution < -0.4 is 16.0 Å². The van der Waals surface area contributed by atoms with E-state index < -0.39 is 0 Å². The monoisotopic (exact) mass is 249 g/mol. The molecule has 18 heavy (non-hydrogen) atoms. The number of piperidine rings is 1. The summed E-state index contributed by atoms with van der Waals surface area (Å²) in [7, 11) is 0. The molecule has 0 amide bonds. The van der Waals surface area contributed by atoms with Crippen LogP contribution in [0, 0.1) is 23.7 Å². The second-order valence-corrected chi connectivity index (χ2v) is 7.34. The molecule has 102 valence electrons. The SMILES string of the molecule is CC1CNC2CC3CC4CNCC(C4)C3CC2N1. The van der Waals surface area contributed by atoms with Crippen LogP contribution in [0.3, 0.4) is 0 Å². The van der Waals surface area contributed by atoms with Gasteiger partial charge in [0, 0.05) is 24.7 Å². The Labute approximate surface area is 110 Å². The predicted octanol–water partition coefficient (Wildman–Crippen LogP) is 0.961. The zero-order valence-electron chi connectivity index (χ0n) is 11.5. The molecule has 2 saturated heterocycles. The Hall–Kier alpha value is -0.120. The highest BCUT2D eigenvalue weighted by atomic mass is 15.1. The molecule has 2 aliphatic carbocycles. The largest absolute Gasteiger partial charge is 0.316 e. The first-order valence-corrected chi connectivity index (χ1v) is 7.99. The lowest BCUT2D eigenvalue weighted by Gasteiger charge is -2.53. The highest BCUT2D eigenvalue weighted by molar-refractivity contribution is 5.02. The van der Waals surface area contributed by atoms with Crippen molar-refractivity contribution in [1.29, 1.82) is 0 Å². The van der Waals surface area contributed by atoms with Crippen LogP contribution in [0.15, 0.2) is 0 Å². The summed E-state index contributed by atoms with van der Waals surface area (Å²) in [5, 5.41) is 11.3. The van der Waals surface area contributed by atoms with Gasteiger partial charge in [-0.2, -0.15) is 0 Å². The quantitative estimate of drug-likeness (QED) is 0.598. The molecule has 7 unspecified atom stereocenters. The first kappa shape index (κ1) is 11.7. The molecule has 3 N–H and O–H groups in total. The van der Waals surface area contributed by atoms with Crippen molar-refractivity contribution in [3.8, 4) is 0 Å². The molecule has 0 spiro atoms. The van der Waals surface area contributed by atoms with E-state index >= 15 is 0 Å². The number of hydrogen-bond acceptors (Lipinski definition) is 3. The van der Waals surface area contributed by atoms with Gasteiger partial charge in [-0.15, -0.1) is 0 Å². The fourth-order valence-corrected chi connectivity index (χ4v) is 5.33. The summed E-state index contributed by atoms with van der Waals surface area (Å²) in [6.45, 7) is 6.05. The number of rotatable bonds is 0. The number of fused-ring (bicyclic) bond motifs is 5. The van der Waals surface area contributed by atoms with Gasteiger partial charge in [0.15, 0.2) is 0 Å². The molecule has 2 bridgehead atoms. The third kappa shape index (κ3) is 1.91. The summed E-state index contributed by atoms with van der Waals surface area (Å²) < 4.78 is 0. The summed E-state index contributed by atoms with van der Waals surface area (Å²) >= 11 is 0. The third-order valence-corrected chi connectivity index (χ3v) is 6.08. The van der Waals surface area contributed by atoms with Gasteiger partial charge < -0.3 is 16.0 Å². The maximum Gasteiger partial charge on any atom is 0.0227 e. The van der Waals surface area contributed by atoms with Crippen molar-refractivity contribution >= 4 is 0 Å². The number of nitrogens with one attached hydrogen (secondary N) is 3. The minimum Gasteiger partial charge on any atom is -0.316 e. The highest BCUT2D eigenvalue weighted by Crippen LogP contribution is 2.47. The van der Waals surface area contributed by atoms with Gasteiger partial charge in [-0.1, -0.05) is 0 Å². The van der Waals surface area contributed by atoms with E-state index in [4.69, 9.17) is 0 Å². The number of hydrogen-bond donors (Lipinski definition) is 3. The maximum absolute atomic E-state index is 3.84. The molecule has 3 heteroatoms. The average molecular weight is 249 g/mol. The molecule has 3 nitrogen and oxygen atoms in total. The van der Waals surface area contributed by atoms with E-state index in [9.17, 15) is 0 Å². The van der Waals surface area contributed by atoms with E-state index in [-0.39, 0.29) is 0 Å². The Morgan fingerprint density at radius 2 is 1.72 bits per heavy atom. The molecule has 7 atom stereocenters. The van der Waals surface area contributed by atoms with E-state index in [2.05, 4.69) is 22.9 Å². The Balaban J connectivity index is 1.51. The fraction of sp³-hybridized carbons (Fsp3) is 1.00. The van der Waals surface area contributed by atoms with Gasteiger partial charge >= 0.3 is 0 Å². The van der Waals surface area contributed by atoms with Crippen molar-refractivity contribution in [2.45, 2.75) is 50.7 Å². The maximum atomic E-state index is 3.84. The molecule has 4 aliphatic rings. The van der Waals surface area contributed by atoms with Gasteiger partial charge in [0.2, 0.25) is 0 Å². The second kappa shape index (κ2) is 4.46. The molecule has 2 saturated carbocycles. The van der Waals surface area contributed by atoms with Crippen LogP contribution in [0.5, 0.6) is 0 Å². The van der Waals surface area contributed by atoms with Crippen molar-refractivity contribution in [3.05, 3.63) is 0 Å².